The van der Waals surface area contributed by atoms with E-state index in [1.807, 2.05) is 25.3 Å². The third kappa shape index (κ3) is 4.56. The van der Waals surface area contributed by atoms with Crippen molar-refractivity contribution in [1.29, 1.82) is 0 Å². The van der Waals surface area contributed by atoms with Crippen molar-refractivity contribution in [2.75, 3.05) is 19.6 Å². The molecule has 0 amide bonds. The van der Waals surface area contributed by atoms with Gasteiger partial charge in [-0.15, -0.1) is 0 Å². The molecule has 122 valence electrons. The van der Waals surface area contributed by atoms with E-state index in [1.54, 1.807) is 16.6 Å². The van der Waals surface area contributed by atoms with Gasteiger partial charge < -0.3 is 9.88 Å². The molecule has 0 aromatic carbocycles. The number of aryl methyl sites for hydroxylation is 1. The highest BCUT2D eigenvalue weighted by Gasteiger charge is 2.24. The second-order valence-electron chi connectivity index (χ2n) is 5.13. The van der Waals surface area contributed by atoms with Crippen LogP contribution in [-0.4, -0.2) is 36.9 Å². The van der Waals surface area contributed by atoms with Crippen molar-refractivity contribution in [3.63, 3.8) is 0 Å². The van der Waals surface area contributed by atoms with Gasteiger partial charge in [-0.05, 0) is 32.4 Å². The van der Waals surface area contributed by atoms with E-state index in [1.165, 1.54) is 0 Å². The fourth-order valence-corrected chi connectivity index (χ4v) is 3.96. The van der Waals surface area contributed by atoms with E-state index >= 15 is 0 Å². The first-order valence-electron chi connectivity index (χ1n) is 7.91. The molecule has 0 fully saturated rings. The molecule has 1 aromatic rings. The summed E-state index contributed by atoms with van der Waals surface area (Å²) in [5, 5.41) is 3.33. The molecule has 0 unspecified atom stereocenters. The Morgan fingerprint density at radius 2 is 1.90 bits per heavy atom. The van der Waals surface area contributed by atoms with Gasteiger partial charge in [0.25, 0.3) is 0 Å². The van der Waals surface area contributed by atoms with Crippen LogP contribution in [0.2, 0.25) is 0 Å². The van der Waals surface area contributed by atoms with Crippen LogP contribution < -0.4 is 5.32 Å². The first-order valence-corrected chi connectivity index (χ1v) is 9.35. The van der Waals surface area contributed by atoms with Crippen LogP contribution in [0.3, 0.4) is 0 Å². The number of rotatable bonds is 10. The molecule has 0 aliphatic rings. The lowest BCUT2D eigenvalue weighted by Gasteiger charge is -2.18. The summed E-state index contributed by atoms with van der Waals surface area (Å²) in [5.41, 5.74) is 1.03. The van der Waals surface area contributed by atoms with E-state index in [-0.39, 0.29) is 0 Å². The van der Waals surface area contributed by atoms with Crippen molar-refractivity contribution >= 4 is 10.0 Å². The van der Waals surface area contributed by atoms with Crippen molar-refractivity contribution in [1.82, 2.24) is 14.2 Å². The maximum Gasteiger partial charge on any atom is 0.244 e. The van der Waals surface area contributed by atoms with E-state index < -0.39 is 10.0 Å². The lowest BCUT2D eigenvalue weighted by Crippen LogP contribution is -2.31. The second-order valence-corrected chi connectivity index (χ2v) is 7.06. The van der Waals surface area contributed by atoms with E-state index in [0.717, 1.165) is 31.6 Å². The Morgan fingerprint density at radius 3 is 2.43 bits per heavy atom. The smallest absolute Gasteiger partial charge is 0.244 e. The molecule has 0 aliphatic heterocycles. The molecule has 6 heteroatoms. The predicted octanol–water partition coefficient (Wildman–Crippen LogP) is 2.43. The highest BCUT2D eigenvalue weighted by Crippen LogP contribution is 2.19. The fraction of sp³-hybridized carbons (Fsp3) is 0.733. The first kappa shape index (κ1) is 18.2. The van der Waals surface area contributed by atoms with Crippen LogP contribution in [0.4, 0.5) is 0 Å². The van der Waals surface area contributed by atoms with Crippen molar-refractivity contribution in [3.05, 3.63) is 18.0 Å². The molecule has 1 N–H and O–H groups in total. The van der Waals surface area contributed by atoms with Gasteiger partial charge in [0, 0.05) is 38.1 Å². The van der Waals surface area contributed by atoms with Gasteiger partial charge in [-0.1, -0.05) is 20.8 Å². The molecule has 1 aromatic heterocycles. The Morgan fingerprint density at radius 1 is 1.19 bits per heavy atom. The molecule has 0 spiro atoms. The SMILES string of the molecule is CCCNCc1cc(S(=O)(=O)N(CC)CCC)cn1CC. The molecule has 0 saturated heterocycles. The maximum absolute atomic E-state index is 12.7. The largest absolute Gasteiger partial charge is 0.349 e. The molecular formula is C15H29N3O2S. The lowest BCUT2D eigenvalue weighted by molar-refractivity contribution is 0.427. The molecule has 1 heterocycles. The van der Waals surface area contributed by atoms with Gasteiger partial charge in [-0.3, -0.25) is 0 Å². The number of aromatic nitrogens is 1. The molecule has 0 radical (unpaired) electrons. The molecule has 0 atom stereocenters. The van der Waals surface area contributed by atoms with Crippen LogP contribution in [0.5, 0.6) is 0 Å². The standard InChI is InChI=1S/C15H29N3O2S/c1-5-9-16-12-14-11-15(13-17(14)7-3)21(19,20)18(8-4)10-6-2/h11,13,16H,5-10,12H2,1-4H3. The zero-order chi connectivity index (χ0) is 15.9. The van der Waals surface area contributed by atoms with Gasteiger partial charge in [-0.2, -0.15) is 4.31 Å². The minimum Gasteiger partial charge on any atom is -0.349 e. The van der Waals surface area contributed by atoms with Crippen LogP contribution >= 0.6 is 0 Å². The number of nitrogens with one attached hydrogen (secondary N) is 1. The third-order valence-corrected chi connectivity index (χ3v) is 5.44. The van der Waals surface area contributed by atoms with Gasteiger partial charge in [0.05, 0.1) is 0 Å². The predicted molar refractivity (Wildman–Crippen MR) is 86.8 cm³/mol. The normalized spacial score (nSPS) is 12.2. The van der Waals surface area contributed by atoms with Crippen LogP contribution in [-0.2, 0) is 23.1 Å². The van der Waals surface area contributed by atoms with Crippen molar-refractivity contribution in [2.45, 2.75) is 58.5 Å². The average molecular weight is 315 g/mol. The van der Waals surface area contributed by atoms with E-state index in [9.17, 15) is 8.42 Å². The van der Waals surface area contributed by atoms with E-state index in [2.05, 4.69) is 12.2 Å². The van der Waals surface area contributed by atoms with Crippen LogP contribution in [0.1, 0.15) is 46.2 Å². The monoisotopic (exact) mass is 315 g/mol. The van der Waals surface area contributed by atoms with E-state index in [0.29, 0.717) is 24.5 Å². The zero-order valence-corrected chi connectivity index (χ0v) is 14.5. The molecule has 5 nitrogen and oxygen atoms in total. The topological polar surface area (TPSA) is 54.3 Å². The third-order valence-electron chi connectivity index (χ3n) is 3.50. The van der Waals surface area contributed by atoms with Crippen LogP contribution in [0.25, 0.3) is 0 Å². The Kier molecular flexibility index (Phi) is 7.42. The van der Waals surface area contributed by atoms with Gasteiger partial charge in [0.2, 0.25) is 10.0 Å². The summed E-state index contributed by atoms with van der Waals surface area (Å²) < 4.78 is 28.9. The summed E-state index contributed by atoms with van der Waals surface area (Å²) in [6.45, 7) is 11.5. The highest BCUT2D eigenvalue weighted by molar-refractivity contribution is 7.89. The fourth-order valence-electron chi connectivity index (χ4n) is 2.35. The van der Waals surface area contributed by atoms with Crippen LogP contribution in [0, 0.1) is 0 Å². The minimum absolute atomic E-state index is 0.410. The Bertz CT molecular complexity index is 523. The Hall–Kier alpha value is -0.850. The lowest BCUT2D eigenvalue weighted by atomic mass is 10.4. The molecule has 0 saturated carbocycles. The first-order chi connectivity index (χ1) is 10.0. The molecule has 0 bridgehead atoms. The number of sulfonamides is 1. The van der Waals surface area contributed by atoms with Gasteiger partial charge in [0.15, 0.2) is 0 Å². The highest BCUT2D eigenvalue weighted by atomic mass is 32.2. The number of hydrogen-bond donors (Lipinski definition) is 1. The number of nitrogens with zero attached hydrogens (tertiary/aromatic N) is 2. The van der Waals surface area contributed by atoms with Crippen molar-refractivity contribution in [3.8, 4) is 0 Å². The second kappa shape index (κ2) is 8.56. The average Bonchev–Trinajstić information content (AvgIpc) is 2.88. The summed E-state index contributed by atoms with van der Waals surface area (Å²) in [4.78, 5) is 0.410. The Labute approximate surface area is 129 Å². The molecule has 21 heavy (non-hydrogen) atoms. The summed E-state index contributed by atoms with van der Waals surface area (Å²) in [7, 11) is -3.37. The van der Waals surface area contributed by atoms with Crippen molar-refractivity contribution in [2.24, 2.45) is 0 Å². The minimum atomic E-state index is -3.37. The summed E-state index contributed by atoms with van der Waals surface area (Å²) >= 11 is 0. The van der Waals surface area contributed by atoms with E-state index in [4.69, 9.17) is 0 Å². The molecule has 0 aliphatic carbocycles. The maximum atomic E-state index is 12.7. The van der Waals surface area contributed by atoms with Crippen molar-refractivity contribution < 1.29 is 8.42 Å². The number of hydrogen-bond acceptors (Lipinski definition) is 3. The van der Waals surface area contributed by atoms with Gasteiger partial charge in [-0.25, -0.2) is 8.42 Å². The summed E-state index contributed by atoms with van der Waals surface area (Å²) in [6.07, 6.45) is 3.65. The quantitative estimate of drug-likeness (QED) is 0.675. The van der Waals surface area contributed by atoms with Crippen LogP contribution in [0.15, 0.2) is 17.2 Å². The summed E-state index contributed by atoms with van der Waals surface area (Å²) in [6, 6.07) is 1.81. The van der Waals surface area contributed by atoms with Gasteiger partial charge >= 0.3 is 0 Å². The summed E-state index contributed by atoms with van der Waals surface area (Å²) in [5.74, 6) is 0. The molecular weight excluding hydrogens is 286 g/mol. The molecule has 1 rings (SSSR count). The Balaban J connectivity index is 3.01. The zero-order valence-electron chi connectivity index (χ0n) is 13.7. The van der Waals surface area contributed by atoms with Gasteiger partial charge in [0.1, 0.15) is 4.90 Å².